The Kier molecular flexibility index (Phi) is 4.71. The van der Waals surface area contributed by atoms with Gasteiger partial charge in [-0.05, 0) is 50.4 Å². The number of nitrogen functional groups attached to an aromatic ring is 1. The summed E-state index contributed by atoms with van der Waals surface area (Å²) in [4.78, 5) is 0. The highest BCUT2D eigenvalue weighted by Crippen LogP contribution is 2.21. The fraction of sp³-hybridized carbons (Fsp3) is 0.583. The number of nitrogens with one attached hydrogen (secondary N) is 2. The summed E-state index contributed by atoms with van der Waals surface area (Å²) in [5, 5.41) is 8.82. The molecule has 7 heteroatoms. The standard InChI is InChI=1S/C12H19N5S2/c1-7(10-8(2)17-19-11(10)13)15-16-12(18)14-9-5-3-4-6-9/h9H,3-6,13H2,1-2H3,(H2,14,16,18)/b15-7-. The molecule has 5 nitrogen and oxygen atoms in total. The van der Waals surface area contributed by atoms with Gasteiger partial charge in [-0.3, -0.25) is 5.43 Å². The van der Waals surface area contributed by atoms with Gasteiger partial charge in [-0.2, -0.15) is 9.47 Å². The lowest BCUT2D eigenvalue weighted by Gasteiger charge is -2.13. The van der Waals surface area contributed by atoms with Gasteiger partial charge >= 0.3 is 0 Å². The molecule has 2 rings (SSSR count). The first-order chi connectivity index (χ1) is 9.08. The molecule has 1 aliphatic rings. The van der Waals surface area contributed by atoms with Crippen molar-refractivity contribution in [1.29, 1.82) is 0 Å². The number of rotatable bonds is 3. The van der Waals surface area contributed by atoms with Crippen LogP contribution in [0.25, 0.3) is 0 Å². The van der Waals surface area contributed by atoms with Crippen molar-refractivity contribution in [2.24, 2.45) is 5.10 Å². The van der Waals surface area contributed by atoms with Crippen LogP contribution >= 0.6 is 23.8 Å². The maximum absolute atomic E-state index is 5.88. The molecule has 104 valence electrons. The molecule has 1 aliphatic carbocycles. The third-order valence-electron chi connectivity index (χ3n) is 3.27. The Morgan fingerprint density at radius 1 is 1.47 bits per heavy atom. The minimum Gasteiger partial charge on any atom is -0.389 e. The van der Waals surface area contributed by atoms with Crippen molar-refractivity contribution in [3.05, 3.63) is 11.3 Å². The molecule has 0 amide bonds. The highest BCUT2D eigenvalue weighted by atomic mass is 32.1. The number of hydrazone groups is 1. The zero-order valence-corrected chi connectivity index (χ0v) is 12.8. The maximum atomic E-state index is 5.88. The Morgan fingerprint density at radius 2 is 2.16 bits per heavy atom. The van der Waals surface area contributed by atoms with E-state index in [0.29, 0.717) is 16.2 Å². The quantitative estimate of drug-likeness (QED) is 0.453. The summed E-state index contributed by atoms with van der Waals surface area (Å²) in [5.74, 6) is 0. The fourth-order valence-corrected chi connectivity index (χ4v) is 3.23. The van der Waals surface area contributed by atoms with E-state index in [1.165, 1.54) is 37.2 Å². The number of aromatic nitrogens is 1. The van der Waals surface area contributed by atoms with Gasteiger partial charge in [0.2, 0.25) is 0 Å². The Labute approximate surface area is 122 Å². The minimum absolute atomic E-state index is 0.491. The van der Waals surface area contributed by atoms with Crippen molar-refractivity contribution in [3.8, 4) is 0 Å². The molecule has 19 heavy (non-hydrogen) atoms. The Morgan fingerprint density at radius 3 is 2.74 bits per heavy atom. The monoisotopic (exact) mass is 297 g/mol. The highest BCUT2D eigenvalue weighted by molar-refractivity contribution is 7.80. The zero-order valence-electron chi connectivity index (χ0n) is 11.2. The summed E-state index contributed by atoms with van der Waals surface area (Å²) in [5.41, 5.74) is 11.4. The van der Waals surface area contributed by atoms with E-state index in [0.717, 1.165) is 17.0 Å². The van der Waals surface area contributed by atoms with Crippen LogP contribution in [0.1, 0.15) is 43.9 Å². The average molecular weight is 297 g/mol. The molecule has 0 unspecified atom stereocenters. The summed E-state index contributed by atoms with van der Waals surface area (Å²) >= 11 is 6.52. The Bertz CT molecular complexity index is 469. The molecule has 0 aromatic carbocycles. The fourth-order valence-electron chi connectivity index (χ4n) is 2.31. The van der Waals surface area contributed by atoms with Gasteiger partial charge in [-0.25, -0.2) is 0 Å². The van der Waals surface area contributed by atoms with Crippen molar-refractivity contribution < 1.29 is 0 Å². The molecule has 0 saturated heterocycles. The number of hydrogen-bond acceptors (Lipinski definition) is 5. The van der Waals surface area contributed by atoms with E-state index < -0.39 is 0 Å². The predicted octanol–water partition coefficient (Wildman–Crippen LogP) is 2.16. The molecule has 0 spiro atoms. The van der Waals surface area contributed by atoms with Crippen LogP contribution in [0.15, 0.2) is 5.10 Å². The van der Waals surface area contributed by atoms with E-state index in [2.05, 4.69) is 20.2 Å². The molecular weight excluding hydrogens is 278 g/mol. The second-order valence-electron chi connectivity index (χ2n) is 4.77. The molecule has 0 atom stereocenters. The topological polar surface area (TPSA) is 75.3 Å². The molecule has 4 N–H and O–H groups in total. The van der Waals surface area contributed by atoms with Crippen molar-refractivity contribution in [2.45, 2.75) is 45.6 Å². The van der Waals surface area contributed by atoms with Crippen molar-refractivity contribution in [1.82, 2.24) is 15.1 Å². The van der Waals surface area contributed by atoms with Crippen molar-refractivity contribution in [3.63, 3.8) is 0 Å². The Hall–Kier alpha value is -1.21. The van der Waals surface area contributed by atoms with Crippen LogP contribution < -0.4 is 16.5 Å². The predicted molar refractivity (Wildman–Crippen MR) is 84.6 cm³/mol. The van der Waals surface area contributed by atoms with E-state index in [-0.39, 0.29) is 0 Å². The molecule has 0 aliphatic heterocycles. The van der Waals surface area contributed by atoms with Crippen molar-refractivity contribution in [2.75, 3.05) is 5.73 Å². The molecule has 1 heterocycles. The van der Waals surface area contributed by atoms with Gasteiger partial charge in [-0.1, -0.05) is 12.8 Å². The van der Waals surface area contributed by atoms with Gasteiger partial charge in [0.1, 0.15) is 5.00 Å². The average Bonchev–Trinajstić information content (AvgIpc) is 2.97. The second-order valence-corrected chi connectivity index (χ2v) is 5.98. The van der Waals surface area contributed by atoms with E-state index >= 15 is 0 Å². The van der Waals surface area contributed by atoms with E-state index in [1.807, 2.05) is 13.8 Å². The van der Waals surface area contributed by atoms with Crippen LogP contribution in [-0.2, 0) is 0 Å². The summed E-state index contributed by atoms with van der Waals surface area (Å²) in [6.45, 7) is 3.83. The lowest BCUT2D eigenvalue weighted by atomic mass is 10.2. The molecule has 1 saturated carbocycles. The van der Waals surface area contributed by atoms with Crippen LogP contribution in [0, 0.1) is 6.92 Å². The zero-order chi connectivity index (χ0) is 13.8. The molecule has 0 radical (unpaired) electrons. The summed E-state index contributed by atoms with van der Waals surface area (Å²) in [7, 11) is 0. The second kappa shape index (κ2) is 6.29. The summed E-state index contributed by atoms with van der Waals surface area (Å²) < 4.78 is 4.21. The third-order valence-corrected chi connectivity index (χ3v) is 4.24. The van der Waals surface area contributed by atoms with Gasteiger partial charge in [0.15, 0.2) is 5.11 Å². The van der Waals surface area contributed by atoms with Crippen molar-refractivity contribution >= 4 is 39.6 Å². The van der Waals surface area contributed by atoms with Crippen LogP contribution in [0.2, 0.25) is 0 Å². The van der Waals surface area contributed by atoms with Gasteiger partial charge in [0.25, 0.3) is 0 Å². The molecular formula is C12H19N5S2. The lowest BCUT2D eigenvalue weighted by molar-refractivity contribution is 0.624. The molecule has 0 bridgehead atoms. The van der Waals surface area contributed by atoms with Gasteiger partial charge in [0.05, 0.1) is 17.0 Å². The number of anilines is 1. The SMILES string of the molecule is C/C(=N/NC(=S)NC1CCCC1)c1c(C)nsc1N. The van der Waals surface area contributed by atoms with E-state index in [1.54, 1.807) is 0 Å². The summed E-state index contributed by atoms with van der Waals surface area (Å²) in [6, 6.07) is 0.491. The van der Waals surface area contributed by atoms with E-state index in [9.17, 15) is 0 Å². The largest absolute Gasteiger partial charge is 0.389 e. The number of aryl methyl sites for hydroxylation is 1. The molecule has 1 fully saturated rings. The number of nitrogens with zero attached hydrogens (tertiary/aromatic N) is 2. The van der Waals surface area contributed by atoms with Crippen LogP contribution in [0.4, 0.5) is 5.00 Å². The first-order valence-corrected chi connectivity index (χ1v) is 7.59. The highest BCUT2D eigenvalue weighted by Gasteiger charge is 2.15. The van der Waals surface area contributed by atoms with Gasteiger partial charge in [-0.15, -0.1) is 0 Å². The first-order valence-electron chi connectivity index (χ1n) is 6.41. The maximum Gasteiger partial charge on any atom is 0.187 e. The molecule has 1 aromatic heterocycles. The normalized spacial score (nSPS) is 16.6. The third kappa shape index (κ3) is 3.63. The van der Waals surface area contributed by atoms with Gasteiger partial charge in [0, 0.05) is 6.04 Å². The summed E-state index contributed by atoms with van der Waals surface area (Å²) in [6.07, 6.45) is 4.92. The van der Waals surface area contributed by atoms with E-state index in [4.69, 9.17) is 18.0 Å². The number of thiocarbonyl (C=S) groups is 1. The number of hydrogen-bond donors (Lipinski definition) is 3. The van der Waals surface area contributed by atoms with Crippen LogP contribution in [0.3, 0.4) is 0 Å². The first kappa shape index (κ1) is 14.2. The smallest absolute Gasteiger partial charge is 0.187 e. The van der Waals surface area contributed by atoms with Crippen LogP contribution in [-0.4, -0.2) is 21.2 Å². The molecule has 1 aromatic rings. The lowest BCUT2D eigenvalue weighted by Crippen LogP contribution is -2.38. The van der Waals surface area contributed by atoms with Gasteiger partial charge < -0.3 is 11.1 Å². The number of nitrogens with two attached hydrogens (primary N) is 1. The van der Waals surface area contributed by atoms with Crippen LogP contribution in [0.5, 0.6) is 0 Å². The minimum atomic E-state index is 0.491. The Balaban J connectivity index is 1.92.